The molecule has 0 rings (SSSR count). The summed E-state index contributed by atoms with van der Waals surface area (Å²) in [7, 11) is 0. The highest BCUT2D eigenvalue weighted by molar-refractivity contribution is 4.95. The van der Waals surface area contributed by atoms with Crippen molar-refractivity contribution in [1.29, 1.82) is 0 Å². The molecule has 1 unspecified atom stereocenters. The Morgan fingerprint density at radius 1 is 1.20 bits per heavy atom. The molecule has 1 atom stereocenters. The van der Waals surface area contributed by atoms with Crippen molar-refractivity contribution in [2.75, 3.05) is 0 Å². The molecule has 0 aromatic heterocycles. The molecule has 0 nitrogen and oxygen atoms in total. The minimum Gasteiger partial charge on any atom is -0.0999 e. The standard InChI is InChI=1S/C15H28/c1-5-14(3)12-10-8-7-9-11-13-15(4)6-2/h7-8,15H,3,5-6,9-13H2,1-2,4H3/b8-7-. The van der Waals surface area contributed by atoms with Crippen LogP contribution in [0.15, 0.2) is 24.3 Å². The Hall–Kier alpha value is -0.520. The predicted octanol–water partition coefficient (Wildman–Crippen LogP) is 5.51. The first kappa shape index (κ1) is 14.5. The van der Waals surface area contributed by atoms with E-state index in [2.05, 4.69) is 39.5 Å². The monoisotopic (exact) mass is 208 g/mol. The second-order valence-electron chi connectivity index (χ2n) is 4.56. The van der Waals surface area contributed by atoms with E-state index >= 15 is 0 Å². The van der Waals surface area contributed by atoms with E-state index in [1.807, 2.05) is 0 Å². The Bertz CT molecular complexity index is 176. The number of rotatable bonds is 9. The van der Waals surface area contributed by atoms with Gasteiger partial charge in [0.15, 0.2) is 0 Å². The lowest BCUT2D eigenvalue weighted by Gasteiger charge is -2.05. The van der Waals surface area contributed by atoms with Gasteiger partial charge >= 0.3 is 0 Å². The van der Waals surface area contributed by atoms with Crippen LogP contribution in [0, 0.1) is 5.92 Å². The molecule has 0 aromatic rings. The van der Waals surface area contributed by atoms with Crippen molar-refractivity contribution in [3.8, 4) is 0 Å². The third-order valence-electron chi connectivity index (χ3n) is 3.10. The first-order valence-electron chi connectivity index (χ1n) is 6.52. The minimum atomic E-state index is 0.901. The number of hydrogen-bond donors (Lipinski definition) is 0. The topological polar surface area (TPSA) is 0 Å². The zero-order chi connectivity index (χ0) is 11.5. The van der Waals surface area contributed by atoms with Crippen LogP contribution in [-0.4, -0.2) is 0 Å². The van der Waals surface area contributed by atoms with Crippen LogP contribution in [0.1, 0.15) is 65.7 Å². The second kappa shape index (κ2) is 10.0. The predicted molar refractivity (Wildman–Crippen MR) is 71.1 cm³/mol. The SMILES string of the molecule is C=C(CC)CC/C=C\CCCC(C)CC. The van der Waals surface area contributed by atoms with Gasteiger partial charge in [-0.15, -0.1) is 0 Å². The fraction of sp³-hybridized carbons (Fsp3) is 0.733. The molecule has 0 aromatic carbocycles. The molecule has 0 amide bonds. The van der Waals surface area contributed by atoms with Gasteiger partial charge in [-0.2, -0.15) is 0 Å². The van der Waals surface area contributed by atoms with Crippen LogP contribution in [0.5, 0.6) is 0 Å². The molecule has 0 N–H and O–H groups in total. The van der Waals surface area contributed by atoms with E-state index in [0.29, 0.717) is 0 Å². The van der Waals surface area contributed by atoms with Gasteiger partial charge in [-0.25, -0.2) is 0 Å². The highest BCUT2D eigenvalue weighted by Gasteiger charge is 1.96. The Kier molecular flexibility index (Phi) is 9.67. The molecule has 0 heteroatoms. The van der Waals surface area contributed by atoms with Crippen molar-refractivity contribution in [1.82, 2.24) is 0 Å². The van der Waals surface area contributed by atoms with Crippen molar-refractivity contribution in [3.63, 3.8) is 0 Å². The van der Waals surface area contributed by atoms with Crippen LogP contribution in [0.2, 0.25) is 0 Å². The van der Waals surface area contributed by atoms with E-state index in [9.17, 15) is 0 Å². The van der Waals surface area contributed by atoms with Gasteiger partial charge < -0.3 is 0 Å². The van der Waals surface area contributed by atoms with Crippen molar-refractivity contribution >= 4 is 0 Å². The molecule has 15 heavy (non-hydrogen) atoms. The highest BCUT2D eigenvalue weighted by atomic mass is 14.0. The van der Waals surface area contributed by atoms with E-state index in [-0.39, 0.29) is 0 Å². The molecule has 88 valence electrons. The highest BCUT2D eigenvalue weighted by Crippen LogP contribution is 2.12. The minimum absolute atomic E-state index is 0.901. The summed E-state index contributed by atoms with van der Waals surface area (Å²) in [5.41, 5.74) is 1.37. The van der Waals surface area contributed by atoms with Crippen LogP contribution in [0.4, 0.5) is 0 Å². The van der Waals surface area contributed by atoms with Gasteiger partial charge in [-0.05, 0) is 38.0 Å². The molecule has 0 aliphatic rings. The average Bonchev–Trinajstić information content (AvgIpc) is 2.26. The Morgan fingerprint density at radius 3 is 2.47 bits per heavy atom. The normalized spacial score (nSPS) is 13.3. The van der Waals surface area contributed by atoms with Gasteiger partial charge in [0.2, 0.25) is 0 Å². The summed E-state index contributed by atoms with van der Waals surface area (Å²) in [6.45, 7) is 10.8. The van der Waals surface area contributed by atoms with Gasteiger partial charge in [0.25, 0.3) is 0 Å². The summed E-state index contributed by atoms with van der Waals surface area (Å²) in [4.78, 5) is 0. The molecule has 0 aliphatic carbocycles. The van der Waals surface area contributed by atoms with Crippen LogP contribution in [0.3, 0.4) is 0 Å². The van der Waals surface area contributed by atoms with Crippen LogP contribution < -0.4 is 0 Å². The average molecular weight is 208 g/mol. The third-order valence-corrected chi connectivity index (χ3v) is 3.10. The zero-order valence-electron chi connectivity index (χ0n) is 10.9. The maximum absolute atomic E-state index is 4.01. The van der Waals surface area contributed by atoms with E-state index in [0.717, 1.165) is 12.3 Å². The first-order chi connectivity index (χ1) is 7.20. The lowest BCUT2D eigenvalue weighted by molar-refractivity contribution is 0.498. The molecule has 0 bridgehead atoms. The Morgan fingerprint density at radius 2 is 1.87 bits per heavy atom. The number of unbranched alkanes of at least 4 members (excludes halogenated alkanes) is 1. The van der Waals surface area contributed by atoms with Gasteiger partial charge in [-0.3, -0.25) is 0 Å². The smallest absolute Gasteiger partial charge is 0.0288 e. The molecule has 0 heterocycles. The maximum Gasteiger partial charge on any atom is -0.0288 e. The van der Waals surface area contributed by atoms with Crippen LogP contribution >= 0.6 is 0 Å². The van der Waals surface area contributed by atoms with Gasteiger partial charge in [0.05, 0.1) is 0 Å². The lowest BCUT2D eigenvalue weighted by atomic mass is 10.0. The third kappa shape index (κ3) is 9.78. The van der Waals surface area contributed by atoms with Crippen LogP contribution in [0.25, 0.3) is 0 Å². The molecule has 0 radical (unpaired) electrons. The van der Waals surface area contributed by atoms with Crippen molar-refractivity contribution in [2.24, 2.45) is 5.92 Å². The number of allylic oxidation sites excluding steroid dienone is 3. The molecule has 0 spiro atoms. The fourth-order valence-electron chi connectivity index (χ4n) is 1.49. The molecule has 0 saturated carbocycles. The van der Waals surface area contributed by atoms with Crippen molar-refractivity contribution < 1.29 is 0 Å². The summed E-state index contributed by atoms with van der Waals surface area (Å²) in [6, 6.07) is 0. The van der Waals surface area contributed by atoms with Crippen molar-refractivity contribution in [3.05, 3.63) is 24.3 Å². The van der Waals surface area contributed by atoms with E-state index in [1.54, 1.807) is 0 Å². The molecule has 0 fully saturated rings. The summed E-state index contributed by atoms with van der Waals surface area (Å²) < 4.78 is 0. The van der Waals surface area contributed by atoms with E-state index in [1.165, 1.54) is 44.1 Å². The van der Waals surface area contributed by atoms with Crippen molar-refractivity contribution in [2.45, 2.75) is 65.7 Å². The van der Waals surface area contributed by atoms with E-state index in [4.69, 9.17) is 0 Å². The van der Waals surface area contributed by atoms with Crippen LogP contribution in [-0.2, 0) is 0 Å². The largest absolute Gasteiger partial charge is 0.0999 e. The Labute approximate surface area is 96.5 Å². The Balaban J connectivity index is 3.28. The molecule has 0 aliphatic heterocycles. The van der Waals surface area contributed by atoms with Gasteiger partial charge in [-0.1, -0.05) is 57.9 Å². The molecular formula is C15H28. The zero-order valence-corrected chi connectivity index (χ0v) is 10.9. The summed E-state index contributed by atoms with van der Waals surface area (Å²) in [6.07, 6.45) is 13.4. The van der Waals surface area contributed by atoms with Gasteiger partial charge in [0.1, 0.15) is 0 Å². The summed E-state index contributed by atoms with van der Waals surface area (Å²) >= 11 is 0. The quantitative estimate of drug-likeness (QED) is 0.346. The van der Waals surface area contributed by atoms with Gasteiger partial charge in [0, 0.05) is 0 Å². The summed E-state index contributed by atoms with van der Waals surface area (Å²) in [5.74, 6) is 0.901. The fourth-order valence-corrected chi connectivity index (χ4v) is 1.49. The number of hydrogen-bond acceptors (Lipinski definition) is 0. The lowest BCUT2D eigenvalue weighted by Crippen LogP contribution is -1.90. The summed E-state index contributed by atoms with van der Waals surface area (Å²) in [5, 5.41) is 0. The van der Waals surface area contributed by atoms with E-state index < -0.39 is 0 Å². The molecule has 0 saturated heterocycles. The first-order valence-corrected chi connectivity index (χ1v) is 6.52. The maximum atomic E-state index is 4.01. The molecular weight excluding hydrogens is 180 g/mol. The second-order valence-corrected chi connectivity index (χ2v) is 4.56.